The van der Waals surface area contributed by atoms with E-state index in [2.05, 4.69) is 22.0 Å². The zero-order valence-electron chi connectivity index (χ0n) is 16.2. The molecule has 3 rings (SSSR count). The first kappa shape index (κ1) is 20.4. The number of thiazole rings is 1. The maximum Gasteiger partial charge on any atom is 0.186 e. The van der Waals surface area contributed by atoms with Crippen LogP contribution in [0.15, 0.2) is 24.3 Å². The summed E-state index contributed by atoms with van der Waals surface area (Å²) < 4.78 is 5.23. The summed E-state index contributed by atoms with van der Waals surface area (Å²) in [6.07, 6.45) is 2.85. The molecule has 5 nitrogen and oxygen atoms in total. The molecule has 1 fully saturated rings. The molecule has 1 aliphatic rings. The van der Waals surface area contributed by atoms with Gasteiger partial charge >= 0.3 is 0 Å². The van der Waals surface area contributed by atoms with Gasteiger partial charge in [0.1, 0.15) is 10.9 Å². The summed E-state index contributed by atoms with van der Waals surface area (Å²) in [5.41, 5.74) is 1.21. The van der Waals surface area contributed by atoms with E-state index in [0.717, 1.165) is 54.7 Å². The molecule has 0 bridgehead atoms. The van der Waals surface area contributed by atoms with Gasteiger partial charge in [0.25, 0.3) is 0 Å². The number of aliphatic hydroxyl groups excluding tert-OH is 1. The van der Waals surface area contributed by atoms with Crippen LogP contribution < -0.4 is 9.64 Å². The van der Waals surface area contributed by atoms with E-state index in [0.29, 0.717) is 5.15 Å². The molecule has 0 aliphatic carbocycles. The van der Waals surface area contributed by atoms with E-state index in [1.165, 1.54) is 5.56 Å². The van der Waals surface area contributed by atoms with E-state index in [9.17, 15) is 5.11 Å². The molecular formula is C20H28ClN3O2S. The van der Waals surface area contributed by atoms with Gasteiger partial charge in [0.05, 0.1) is 12.0 Å². The molecule has 0 unspecified atom stereocenters. The number of ether oxygens (including phenoxy) is 1. The summed E-state index contributed by atoms with van der Waals surface area (Å²) in [5.74, 6) is 0.866. The summed E-state index contributed by atoms with van der Waals surface area (Å²) in [7, 11) is 5.64. The highest BCUT2D eigenvalue weighted by atomic mass is 35.5. The number of anilines is 1. The third-order valence-electron chi connectivity index (χ3n) is 5.38. The van der Waals surface area contributed by atoms with Crippen LogP contribution in [0.2, 0.25) is 5.15 Å². The Bertz CT molecular complexity index is 740. The summed E-state index contributed by atoms with van der Waals surface area (Å²) in [5, 5.41) is 11.7. The average Bonchev–Trinajstić information content (AvgIpc) is 3.05. The molecule has 0 amide bonds. The molecule has 0 radical (unpaired) electrons. The number of likely N-dealkylation sites (tertiary alicyclic amines) is 1. The van der Waals surface area contributed by atoms with Crippen LogP contribution in [0.1, 0.15) is 23.3 Å². The van der Waals surface area contributed by atoms with Crippen molar-refractivity contribution in [3.8, 4) is 5.75 Å². The molecule has 1 N–H and O–H groups in total. The van der Waals surface area contributed by atoms with Gasteiger partial charge in [-0.3, -0.25) is 4.90 Å². The summed E-state index contributed by atoms with van der Waals surface area (Å²) in [6, 6.07) is 8.18. The van der Waals surface area contributed by atoms with Crippen molar-refractivity contribution in [1.29, 1.82) is 0 Å². The monoisotopic (exact) mass is 409 g/mol. The number of nitrogens with zero attached hydrogens (tertiary/aromatic N) is 3. The number of benzene rings is 1. The van der Waals surface area contributed by atoms with Gasteiger partial charge in [-0.05, 0) is 55.5 Å². The first-order valence-electron chi connectivity index (χ1n) is 9.23. The van der Waals surface area contributed by atoms with Crippen LogP contribution >= 0.6 is 22.9 Å². The SMILES string of the molecule is COc1ccc(CC2(CO)CCN(Cc3sc(N(C)C)nc3Cl)CC2)cc1. The van der Waals surface area contributed by atoms with Crippen LogP contribution in [-0.2, 0) is 13.0 Å². The van der Waals surface area contributed by atoms with Crippen molar-refractivity contribution in [1.82, 2.24) is 9.88 Å². The Hall–Kier alpha value is -1.34. The molecule has 0 spiro atoms. The van der Waals surface area contributed by atoms with Crippen LogP contribution in [0.25, 0.3) is 0 Å². The Morgan fingerprint density at radius 1 is 1.26 bits per heavy atom. The minimum absolute atomic E-state index is 0.0443. The van der Waals surface area contributed by atoms with Crippen molar-refractivity contribution < 1.29 is 9.84 Å². The number of halogens is 1. The molecule has 7 heteroatoms. The van der Waals surface area contributed by atoms with Crippen LogP contribution in [0.5, 0.6) is 5.75 Å². The lowest BCUT2D eigenvalue weighted by Crippen LogP contribution is -2.42. The normalized spacial score (nSPS) is 17.1. The first-order chi connectivity index (χ1) is 12.9. The standard InChI is InChI=1S/C20H28ClN3O2S/c1-23(2)19-22-18(21)17(27-19)13-24-10-8-20(14-25,9-11-24)12-15-4-6-16(26-3)7-5-15/h4-7,25H,8-14H2,1-3H3. The minimum Gasteiger partial charge on any atom is -0.497 e. The van der Waals surface area contributed by atoms with Crippen molar-refractivity contribution in [2.75, 3.05) is 45.8 Å². The van der Waals surface area contributed by atoms with E-state index in [4.69, 9.17) is 16.3 Å². The maximum atomic E-state index is 10.1. The van der Waals surface area contributed by atoms with Gasteiger partial charge in [0.15, 0.2) is 5.13 Å². The van der Waals surface area contributed by atoms with Crippen molar-refractivity contribution >= 4 is 28.1 Å². The number of aromatic nitrogens is 1. The lowest BCUT2D eigenvalue weighted by molar-refractivity contribution is 0.0417. The molecule has 0 saturated carbocycles. The Labute approximate surface area is 170 Å². The fourth-order valence-corrected chi connectivity index (χ4v) is 4.79. The second-order valence-electron chi connectivity index (χ2n) is 7.56. The van der Waals surface area contributed by atoms with Crippen molar-refractivity contribution in [2.24, 2.45) is 5.41 Å². The molecule has 0 atom stereocenters. The largest absolute Gasteiger partial charge is 0.497 e. The number of hydrogen-bond donors (Lipinski definition) is 1. The Morgan fingerprint density at radius 3 is 2.44 bits per heavy atom. The number of piperidine rings is 1. The fourth-order valence-electron chi connectivity index (χ4n) is 3.57. The van der Waals surface area contributed by atoms with Gasteiger partial charge in [-0.2, -0.15) is 0 Å². The molecule has 1 aliphatic heterocycles. The number of rotatable bonds is 7. The minimum atomic E-state index is -0.0443. The third-order valence-corrected chi connectivity index (χ3v) is 7.01. The van der Waals surface area contributed by atoms with Gasteiger partial charge in [0.2, 0.25) is 0 Å². The highest BCUT2D eigenvalue weighted by Crippen LogP contribution is 2.37. The average molecular weight is 410 g/mol. The summed E-state index contributed by atoms with van der Waals surface area (Å²) >= 11 is 7.97. The Morgan fingerprint density at radius 2 is 1.93 bits per heavy atom. The first-order valence-corrected chi connectivity index (χ1v) is 10.4. The van der Waals surface area contributed by atoms with Crippen LogP contribution in [-0.4, -0.2) is 55.9 Å². The highest BCUT2D eigenvalue weighted by molar-refractivity contribution is 7.16. The lowest BCUT2D eigenvalue weighted by Gasteiger charge is -2.41. The van der Waals surface area contributed by atoms with E-state index in [-0.39, 0.29) is 12.0 Å². The van der Waals surface area contributed by atoms with Crippen LogP contribution in [0.4, 0.5) is 5.13 Å². The lowest BCUT2D eigenvalue weighted by atomic mass is 9.74. The van der Waals surface area contributed by atoms with Gasteiger partial charge in [-0.1, -0.05) is 35.1 Å². The molecule has 1 saturated heterocycles. The van der Waals surface area contributed by atoms with E-state index < -0.39 is 0 Å². The van der Waals surface area contributed by atoms with E-state index in [1.807, 2.05) is 31.1 Å². The summed E-state index contributed by atoms with van der Waals surface area (Å²) in [6.45, 7) is 2.97. The molecule has 2 aromatic rings. The van der Waals surface area contributed by atoms with Gasteiger partial charge in [0, 0.05) is 27.2 Å². The van der Waals surface area contributed by atoms with Crippen molar-refractivity contribution in [2.45, 2.75) is 25.8 Å². The Kier molecular flexibility index (Phi) is 6.63. The number of hydrogen-bond acceptors (Lipinski definition) is 6. The number of methoxy groups -OCH3 is 1. The topological polar surface area (TPSA) is 48.8 Å². The zero-order chi connectivity index (χ0) is 19.4. The molecular weight excluding hydrogens is 382 g/mol. The molecule has 27 heavy (non-hydrogen) atoms. The highest BCUT2D eigenvalue weighted by Gasteiger charge is 2.34. The fraction of sp³-hybridized carbons (Fsp3) is 0.550. The van der Waals surface area contributed by atoms with Gasteiger partial charge in [-0.25, -0.2) is 4.98 Å². The van der Waals surface area contributed by atoms with Gasteiger partial charge in [-0.15, -0.1) is 0 Å². The molecule has 1 aromatic heterocycles. The number of aliphatic hydroxyl groups is 1. The van der Waals surface area contributed by atoms with Gasteiger partial charge < -0.3 is 14.7 Å². The second kappa shape index (κ2) is 8.78. The van der Waals surface area contributed by atoms with E-state index >= 15 is 0 Å². The Balaban J connectivity index is 1.60. The van der Waals surface area contributed by atoms with Crippen molar-refractivity contribution in [3.05, 3.63) is 39.9 Å². The smallest absolute Gasteiger partial charge is 0.186 e. The quantitative estimate of drug-likeness (QED) is 0.755. The molecule has 148 valence electrons. The third kappa shape index (κ3) is 4.93. The van der Waals surface area contributed by atoms with Crippen LogP contribution in [0, 0.1) is 5.41 Å². The molecule has 1 aromatic carbocycles. The predicted octanol–water partition coefficient (Wildman–Crippen LogP) is 3.69. The van der Waals surface area contributed by atoms with Crippen molar-refractivity contribution in [3.63, 3.8) is 0 Å². The zero-order valence-corrected chi connectivity index (χ0v) is 17.8. The summed E-state index contributed by atoms with van der Waals surface area (Å²) in [4.78, 5) is 9.95. The van der Waals surface area contributed by atoms with Crippen LogP contribution in [0.3, 0.4) is 0 Å². The second-order valence-corrected chi connectivity index (χ2v) is 8.98. The predicted molar refractivity (Wildman–Crippen MR) is 112 cm³/mol. The maximum absolute atomic E-state index is 10.1. The molecule has 2 heterocycles. The van der Waals surface area contributed by atoms with E-state index in [1.54, 1.807) is 18.4 Å².